The highest BCUT2D eigenvalue weighted by Gasteiger charge is 2.14. The average Bonchev–Trinajstić information content (AvgIpc) is 2.89. The SMILES string of the molecule is CC(Oc1ccc(-c2noc(C(C)C)n2)cc1)C(=O)O. The minimum absolute atomic E-state index is 0.176. The summed E-state index contributed by atoms with van der Waals surface area (Å²) in [6.07, 6.45) is -0.890. The van der Waals surface area contributed by atoms with Crippen molar-refractivity contribution >= 4 is 5.97 Å². The molecule has 2 aromatic rings. The van der Waals surface area contributed by atoms with Crippen LogP contribution in [0.15, 0.2) is 28.8 Å². The number of nitrogens with zero attached hydrogens (tertiary/aromatic N) is 2. The van der Waals surface area contributed by atoms with Crippen LogP contribution in [0.1, 0.15) is 32.6 Å². The molecule has 0 saturated carbocycles. The third-order valence-electron chi connectivity index (χ3n) is 2.71. The number of carbonyl (C=O) groups is 1. The Labute approximate surface area is 116 Å². The molecule has 1 N–H and O–H groups in total. The topological polar surface area (TPSA) is 85.5 Å². The zero-order valence-corrected chi connectivity index (χ0v) is 11.5. The minimum Gasteiger partial charge on any atom is -0.479 e. The van der Waals surface area contributed by atoms with E-state index in [9.17, 15) is 4.79 Å². The van der Waals surface area contributed by atoms with Crippen LogP contribution in [-0.2, 0) is 4.79 Å². The van der Waals surface area contributed by atoms with Gasteiger partial charge in [-0.05, 0) is 31.2 Å². The van der Waals surface area contributed by atoms with Crippen molar-refractivity contribution in [1.82, 2.24) is 10.1 Å². The zero-order valence-electron chi connectivity index (χ0n) is 11.5. The second-order valence-electron chi connectivity index (χ2n) is 4.73. The molecule has 0 bridgehead atoms. The van der Waals surface area contributed by atoms with Gasteiger partial charge in [0, 0.05) is 11.5 Å². The molecule has 6 heteroatoms. The van der Waals surface area contributed by atoms with E-state index in [4.69, 9.17) is 14.4 Å². The molecular formula is C14H16N2O4. The number of ether oxygens (including phenoxy) is 1. The molecule has 2 rings (SSSR count). The van der Waals surface area contributed by atoms with Crippen LogP contribution in [0.2, 0.25) is 0 Å². The summed E-state index contributed by atoms with van der Waals surface area (Å²) in [7, 11) is 0. The van der Waals surface area contributed by atoms with E-state index in [0.29, 0.717) is 17.5 Å². The van der Waals surface area contributed by atoms with Gasteiger partial charge in [0.1, 0.15) is 5.75 Å². The van der Waals surface area contributed by atoms with Gasteiger partial charge in [-0.15, -0.1) is 0 Å². The number of carboxylic acid groups (broad SMARTS) is 1. The highest BCUT2D eigenvalue weighted by molar-refractivity contribution is 5.72. The number of aliphatic carboxylic acids is 1. The Balaban J connectivity index is 2.13. The fourth-order valence-corrected chi connectivity index (χ4v) is 1.52. The summed E-state index contributed by atoms with van der Waals surface area (Å²) in [4.78, 5) is 15.0. The highest BCUT2D eigenvalue weighted by atomic mass is 16.5. The van der Waals surface area contributed by atoms with E-state index >= 15 is 0 Å². The molecule has 1 atom stereocenters. The number of hydrogen-bond acceptors (Lipinski definition) is 5. The molecule has 0 aliphatic carbocycles. The molecule has 1 aromatic carbocycles. The largest absolute Gasteiger partial charge is 0.479 e. The Bertz CT molecular complexity index is 589. The lowest BCUT2D eigenvalue weighted by molar-refractivity contribution is -0.144. The maximum atomic E-state index is 10.7. The Morgan fingerprint density at radius 2 is 1.90 bits per heavy atom. The minimum atomic E-state index is -1.01. The van der Waals surface area contributed by atoms with Gasteiger partial charge in [0.25, 0.3) is 0 Å². The van der Waals surface area contributed by atoms with E-state index in [2.05, 4.69) is 10.1 Å². The van der Waals surface area contributed by atoms with Gasteiger partial charge in [-0.3, -0.25) is 0 Å². The van der Waals surface area contributed by atoms with Gasteiger partial charge in [0.15, 0.2) is 6.10 Å². The van der Waals surface area contributed by atoms with Gasteiger partial charge < -0.3 is 14.4 Å². The third-order valence-corrected chi connectivity index (χ3v) is 2.71. The molecule has 0 fully saturated rings. The Kier molecular flexibility index (Phi) is 4.02. The molecule has 106 valence electrons. The van der Waals surface area contributed by atoms with E-state index in [1.807, 2.05) is 13.8 Å². The average molecular weight is 276 g/mol. The molecule has 20 heavy (non-hydrogen) atoms. The molecule has 0 saturated heterocycles. The van der Waals surface area contributed by atoms with Crippen molar-refractivity contribution in [1.29, 1.82) is 0 Å². The monoisotopic (exact) mass is 276 g/mol. The Hall–Kier alpha value is -2.37. The first-order chi connectivity index (χ1) is 9.47. The van der Waals surface area contributed by atoms with Crippen molar-refractivity contribution < 1.29 is 19.2 Å². The standard InChI is InChI=1S/C14H16N2O4/c1-8(2)13-15-12(16-20-13)10-4-6-11(7-5-10)19-9(3)14(17)18/h4-9H,1-3H3,(H,17,18). The van der Waals surface area contributed by atoms with Gasteiger partial charge in [-0.1, -0.05) is 19.0 Å². The lowest BCUT2D eigenvalue weighted by Crippen LogP contribution is -2.22. The highest BCUT2D eigenvalue weighted by Crippen LogP contribution is 2.22. The summed E-state index contributed by atoms with van der Waals surface area (Å²) in [6, 6.07) is 6.89. The number of benzene rings is 1. The van der Waals surface area contributed by atoms with Crippen LogP contribution >= 0.6 is 0 Å². The van der Waals surface area contributed by atoms with Crippen molar-refractivity contribution in [3.8, 4) is 17.1 Å². The zero-order chi connectivity index (χ0) is 14.7. The summed E-state index contributed by atoms with van der Waals surface area (Å²) < 4.78 is 10.4. The number of rotatable bonds is 5. The first kappa shape index (κ1) is 14.0. The third kappa shape index (κ3) is 3.14. The fraction of sp³-hybridized carbons (Fsp3) is 0.357. The molecule has 1 aromatic heterocycles. The summed E-state index contributed by atoms with van der Waals surface area (Å²) in [6.45, 7) is 5.42. The predicted octanol–water partition coefficient (Wildman–Crippen LogP) is 2.71. The second kappa shape index (κ2) is 5.73. The van der Waals surface area contributed by atoms with Gasteiger partial charge in [0.05, 0.1) is 0 Å². The summed E-state index contributed by atoms with van der Waals surface area (Å²) in [5.41, 5.74) is 0.788. The first-order valence-corrected chi connectivity index (χ1v) is 6.31. The van der Waals surface area contributed by atoms with Crippen molar-refractivity contribution in [2.24, 2.45) is 0 Å². The van der Waals surface area contributed by atoms with E-state index in [-0.39, 0.29) is 5.92 Å². The smallest absolute Gasteiger partial charge is 0.344 e. The van der Waals surface area contributed by atoms with Gasteiger partial charge in [-0.25, -0.2) is 4.79 Å². The van der Waals surface area contributed by atoms with Crippen molar-refractivity contribution in [2.75, 3.05) is 0 Å². The molecule has 6 nitrogen and oxygen atoms in total. The maximum Gasteiger partial charge on any atom is 0.344 e. The Morgan fingerprint density at radius 3 is 2.40 bits per heavy atom. The van der Waals surface area contributed by atoms with Crippen LogP contribution in [0.5, 0.6) is 5.75 Å². The van der Waals surface area contributed by atoms with Gasteiger partial charge >= 0.3 is 5.97 Å². The normalized spacial score (nSPS) is 12.4. The van der Waals surface area contributed by atoms with E-state index in [0.717, 1.165) is 5.56 Å². The summed E-state index contributed by atoms with van der Waals surface area (Å²) in [5, 5.41) is 12.7. The van der Waals surface area contributed by atoms with Crippen LogP contribution in [0.4, 0.5) is 0 Å². The summed E-state index contributed by atoms with van der Waals surface area (Å²) >= 11 is 0. The van der Waals surface area contributed by atoms with Crippen molar-refractivity contribution in [2.45, 2.75) is 32.8 Å². The molecule has 1 unspecified atom stereocenters. The van der Waals surface area contributed by atoms with Crippen LogP contribution in [0.3, 0.4) is 0 Å². The van der Waals surface area contributed by atoms with Crippen molar-refractivity contribution in [3.05, 3.63) is 30.2 Å². The summed E-state index contributed by atoms with van der Waals surface area (Å²) in [5.74, 6) is 0.742. The van der Waals surface area contributed by atoms with E-state index in [1.165, 1.54) is 6.92 Å². The lowest BCUT2D eigenvalue weighted by atomic mass is 10.2. The number of carboxylic acids is 1. The van der Waals surface area contributed by atoms with Crippen molar-refractivity contribution in [3.63, 3.8) is 0 Å². The quantitative estimate of drug-likeness (QED) is 0.903. The maximum absolute atomic E-state index is 10.7. The molecule has 1 heterocycles. The molecule has 0 radical (unpaired) electrons. The predicted molar refractivity (Wildman–Crippen MR) is 71.5 cm³/mol. The van der Waals surface area contributed by atoms with Gasteiger partial charge in [0.2, 0.25) is 11.7 Å². The second-order valence-corrected chi connectivity index (χ2v) is 4.73. The van der Waals surface area contributed by atoms with Gasteiger partial charge in [-0.2, -0.15) is 4.98 Å². The lowest BCUT2D eigenvalue weighted by Gasteiger charge is -2.09. The van der Waals surface area contributed by atoms with Crippen LogP contribution in [0.25, 0.3) is 11.4 Å². The molecule has 0 amide bonds. The van der Waals surface area contributed by atoms with E-state index < -0.39 is 12.1 Å². The molecule has 0 aliphatic heterocycles. The number of hydrogen-bond donors (Lipinski definition) is 1. The van der Waals surface area contributed by atoms with Crippen LogP contribution in [0, 0.1) is 0 Å². The number of aromatic nitrogens is 2. The fourth-order valence-electron chi connectivity index (χ4n) is 1.52. The van der Waals surface area contributed by atoms with Crippen LogP contribution < -0.4 is 4.74 Å². The van der Waals surface area contributed by atoms with Crippen LogP contribution in [-0.4, -0.2) is 27.3 Å². The van der Waals surface area contributed by atoms with E-state index in [1.54, 1.807) is 24.3 Å². The Morgan fingerprint density at radius 1 is 1.25 bits per heavy atom. The first-order valence-electron chi connectivity index (χ1n) is 6.31. The molecule has 0 spiro atoms. The molecule has 0 aliphatic rings. The molecular weight excluding hydrogens is 260 g/mol.